The lowest BCUT2D eigenvalue weighted by molar-refractivity contribution is 0.376. The van der Waals surface area contributed by atoms with Gasteiger partial charge < -0.3 is 10.2 Å². The van der Waals surface area contributed by atoms with Gasteiger partial charge in [0.05, 0.1) is 0 Å². The molecule has 1 atom stereocenters. The zero-order chi connectivity index (χ0) is 15.2. The molecule has 1 saturated heterocycles. The van der Waals surface area contributed by atoms with Crippen molar-refractivity contribution >= 4 is 5.82 Å². The van der Waals surface area contributed by atoms with Gasteiger partial charge in [-0.3, -0.25) is 0 Å². The normalized spacial score (nSPS) is 19.0. The first kappa shape index (κ1) is 16.2. The molecule has 0 spiro atoms. The summed E-state index contributed by atoms with van der Waals surface area (Å²) in [5.74, 6) is 3.19. The molecule has 0 aliphatic carbocycles. The fraction of sp³-hybridized carbons (Fsp3) is 0.765. The van der Waals surface area contributed by atoms with E-state index >= 15 is 0 Å². The summed E-state index contributed by atoms with van der Waals surface area (Å²) in [5.41, 5.74) is 1.08. The van der Waals surface area contributed by atoms with Gasteiger partial charge in [0.25, 0.3) is 0 Å². The first-order valence-corrected chi connectivity index (χ1v) is 8.41. The van der Waals surface area contributed by atoms with Gasteiger partial charge in [-0.2, -0.15) is 0 Å². The Labute approximate surface area is 129 Å². The fourth-order valence-corrected chi connectivity index (χ4v) is 2.96. The average molecular weight is 290 g/mol. The molecule has 118 valence electrons. The Morgan fingerprint density at radius 1 is 1.38 bits per heavy atom. The number of piperidine rings is 1. The molecule has 1 N–H and O–H groups in total. The minimum absolute atomic E-state index is 0.378. The first-order chi connectivity index (χ1) is 10.1. The molecule has 4 nitrogen and oxygen atoms in total. The highest BCUT2D eigenvalue weighted by Gasteiger charge is 2.19. The molecule has 0 amide bonds. The maximum Gasteiger partial charge on any atom is 0.133 e. The Morgan fingerprint density at radius 3 is 2.81 bits per heavy atom. The molecule has 1 aliphatic heterocycles. The molecule has 0 aromatic carbocycles. The van der Waals surface area contributed by atoms with E-state index in [0.29, 0.717) is 5.92 Å². The zero-order valence-electron chi connectivity index (χ0n) is 14.0. The predicted molar refractivity (Wildman–Crippen MR) is 89.0 cm³/mol. The molecule has 1 unspecified atom stereocenters. The lowest BCUT2D eigenvalue weighted by Gasteiger charge is -2.31. The maximum atomic E-state index is 4.81. The third-order valence-electron chi connectivity index (χ3n) is 4.07. The van der Waals surface area contributed by atoms with Crippen molar-refractivity contribution in [2.45, 2.75) is 52.9 Å². The van der Waals surface area contributed by atoms with Gasteiger partial charge in [-0.05, 0) is 45.2 Å². The van der Waals surface area contributed by atoms with Crippen molar-refractivity contribution in [1.29, 1.82) is 0 Å². The van der Waals surface area contributed by atoms with Gasteiger partial charge in [0.2, 0.25) is 0 Å². The standard InChI is InChI=1S/C17H30N4/c1-5-9-21(12-15-7-6-8-18-11-15)16-10-14(4)19-17(20-16)13(2)3/h10,13,15,18H,5-9,11-12H2,1-4H3. The van der Waals surface area contributed by atoms with E-state index in [9.17, 15) is 0 Å². The highest BCUT2D eigenvalue weighted by molar-refractivity contribution is 5.40. The Bertz CT molecular complexity index is 438. The topological polar surface area (TPSA) is 41.0 Å². The number of aromatic nitrogens is 2. The summed E-state index contributed by atoms with van der Waals surface area (Å²) in [6, 6.07) is 2.14. The minimum Gasteiger partial charge on any atom is -0.356 e. The van der Waals surface area contributed by atoms with Crippen molar-refractivity contribution < 1.29 is 0 Å². The summed E-state index contributed by atoms with van der Waals surface area (Å²) in [5, 5.41) is 3.52. The van der Waals surface area contributed by atoms with Crippen LogP contribution in [0.1, 0.15) is 57.5 Å². The Balaban J connectivity index is 2.16. The third-order valence-corrected chi connectivity index (χ3v) is 4.07. The number of rotatable bonds is 6. The van der Waals surface area contributed by atoms with Crippen LogP contribution in [0.2, 0.25) is 0 Å². The van der Waals surface area contributed by atoms with Crippen molar-refractivity contribution in [2.24, 2.45) is 5.92 Å². The van der Waals surface area contributed by atoms with E-state index in [4.69, 9.17) is 4.98 Å². The molecule has 2 heterocycles. The lowest BCUT2D eigenvalue weighted by Crippen LogP contribution is -2.39. The Morgan fingerprint density at radius 2 is 2.19 bits per heavy atom. The monoisotopic (exact) mass is 290 g/mol. The summed E-state index contributed by atoms with van der Waals surface area (Å²) in [7, 11) is 0. The van der Waals surface area contributed by atoms with E-state index < -0.39 is 0 Å². The van der Waals surface area contributed by atoms with Gasteiger partial charge in [0, 0.05) is 30.8 Å². The summed E-state index contributed by atoms with van der Waals surface area (Å²) < 4.78 is 0. The number of aryl methyl sites for hydroxylation is 1. The van der Waals surface area contributed by atoms with Crippen LogP contribution in [0.5, 0.6) is 0 Å². The second kappa shape index (κ2) is 7.74. The molecule has 1 aromatic heterocycles. The van der Waals surface area contributed by atoms with Crippen LogP contribution in [0, 0.1) is 12.8 Å². The molecule has 2 rings (SSSR count). The van der Waals surface area contributed by atoms with Crippen LogP contribution in [0.4, 0.5) is 5.82 Å². The van der Waals surface area contributed by atoms with Crippen LogP contribution in [-0.2, 0) is 0 Å². The predicted octanol–water partition coefficient (Wildman–Crippen LogP) is 3.12. The van der Waals surface area contributed by atoms with E-state index in [-0.39, 0.29) is 0 Å². The van der Waals surface area contributed by atoms with Crippen LogP contribution < -0.4 is 10.2 Å². The lowest BCUT2D eigenvalue weighted by atomic mass is 9.99. The number of nitrogens with one attached hydrogen (secondary N) is 1. The molecule has 4 heteroatoms. The molecule has 21 heavy (non-hydrogen) atoms. The summed E-state index contributed by atoms with van der Waals surface area (Å²) in [4.78, 5) is 11.8. The van der Waals surface area contributed by atoms with Gasteiger partial charge in [-0.15, -0.1) is 0 Å². The number of nitrogens with zero attached hydrogens (tertiary/aromatic N) is 3. The minimum atomic E-state index is 0.378. The van der Waals surface area contributed by atoms with Crippen LogP contribution in [0.15, 0.2) is 6.07 Å². The van der Waals surface area contributed by atoms with Crippen LogP contribution in [-0.4, -0.2) is 36.1 Å². The van der Waals surface area contributed by atoms with Crippen LogP contribution in [0.3, 0.4) is 0 Å². The van der Waals surface area contributed by atoms with Gasteiger partial charge in [-0.25, -0.2) is 9.97 Å². The second-order valence-electron chi connectivity index (χ2n) is 6.54. The molecule has 1 aromatic rings. The smallest absolute Gasteiger partial charge is 0.133 e. The van der Waals surface area contributed by atoms with Gasteiger partial charge in [0.1, 0.15) is 11.6 Å². The largest absolute Gasteiger partial charge is 0.356 e. The van der Waals surface area contributed by atoms with Crippen molar-refractivity contribution in [2.75, 3.05) is 31.1 Å². The summed E-state index contributed by atoms with van der Waals surface area (Å²) in [6.45, 7) is 13.1. The molecular formula is C17H30N4. The molecule has 0 bridgehead atoms. The second-order valence-corrected chi connectivity index (χ2v) is 6.54. The van der Waals surface area contributed by atoms with E-state index in [0.717, 1.165) is 49.3 Å². The van der Waals surface area contributed by atoms with Gasteiger partial charge in [0.15, 0.2) is 0 Å². The Kier molecular flexibility index (Phi) is 5.97. The third kappa shape index (κ3) is 4.67. The van der Waals surface area contributed by atoms with Gasteiger partial charge >= 0.3 is 0 Å². The van der Waals surface area contributed by atoms with Crippen LogP contribution >= 0.6 is 0 Å². The maximum absolute atomic E-state index is 4.81. The SMILES string of the molecule is CCCN(CC1CCCNC1)c1cc(C)nc(C(C)C)n1. The van der Waals surface area contributed by atoms with E-state index in [1.807, 2.05) is 0 Å². The summed E-state index contributed by atoms with van der Waals surface area (Å²) >= 11 is 0. The molecule has 1 fully saturated rings. The fourth-order valence-electron chi connectivity index (χ4n) is 2.96. The molecule has 0 saturated carbocycles. The molecular weight excluding hydrogens is 260 g/mol. The number of hydrogen-bond donors (Lipinski definition) is 1. The molecule has 1 aliphatic rings. The average Bonchev–Trinajstić information content (AvgIpc) is 2.47. The Hall–Kier alpha value is -1.16. The summed E-state index contributed by atoms with van der Waals surface area (Å²) in [6.07, 6.45) is 3.78. The van der Waals surface area contributed by atoms with Crippen molar-refractivity contribution in [3.63, 3.8) is 0 Å². The number of anilines is 1. The molecule has 0 radical (unpaired) electrons. The quantitative estimate of drug-likeness (QED) is 0.874. The van der Waals surface area contributed by atoms with Crippen molar-refractivity contribution in [1.82, 2.24) is 15.3 Å². The highest BCUT2D eigenvalue weighted by Crippen LogP contribution is 2.20. The highest BCUT2D eigenvalue weighted by atomic mass is 15.2. The zero-order valence-corrected chi connectivity index (χ0v) is 14.0. The van der Waals surface area contributed by atoms with Gasteiger partial charge in [-0.1, -0.05) is 20.8 Å². The first-order valence-electron chi connectivity index (χ1n) is 8.41. The van der Waals surface area contributed by atoms with Crippen LogP contribution in [0.25, 0.3) is 0 Å². The number of hydrogen-bond acceptors (Lipinski definition) is 4. The van der Waals surface area contributed by atoms with Crippen molar-refractivity contribution in [3.05, 3.63) is 17.6 Å². The van der Waals surface area contributed by atoms with E-state index in [2.05, 4.69) is 49.0 Å². The van der Waals surface area contributed by atoms with E-state index in [1.165, 1.54) is 19.4 Å². The van der Waals surface area contributed by atoms with Crippen molar-refractivity contribution in [3.8, 4) is 0 Å². The van der Waals surface area contributed by atoms with E-state index in [1.54, 1.807) is 0 Å².